The third kappa shape index (κ3) is 3.09. The number of rotatable bonds is 5. The van der Waals surface area contributed by atoms with Crippen LogP contribution in [-0.2, 0) is 18.3 Å². The van der Waals surface area contributed by atoms with Crippen LogP contribution in [0, 0.1) is 0 Å². The van der Waals surface area contributed by atoms with Gasteiger partial charge in [-0.05, 0) is 23.6 Å². The number of anilines is 2. The van der Waals surface area contributed by atoms with Gasteiger partial charge in [0.1, 0.15) is 5.02 Å². The molecule has 0 amide bonds. The number of benzene rings is 1. The van der Waals surface area contributed by atoms with Gasteiger partial charge in [0.15, 0.2) is 0 Å². The van der Waals surface area contributed by atoms with E-state index in [0.717, 1.165) is 23.1 Å². The van der Waals surface area contributed by atoms with Gasteiger partial charge in [0, 0.05) is 32.6 Å². The van der Waals surface area contributed by atoms with E-state index in [-0.39, 0.29) is 10.6 Å². The van der Waals surface area contributed by atoms with E-state index in [0.29, 0.717) is 12.3 Å². The van der Waals surface area contributed by atoms with Crippen molar-refractivity contribution in [2.45, 2.75) is 6.54 Å². The molecule has 0 aliphatic carbocycles. The average molecular weight is 333 g/mol. The molecule has 0 aliphatic heterocycles. The van der Waals surface area contributed by atoms with Gasteiger partial charge in [-0.2, -0.15) is 5.10 Å². The molecule has 0 saturated carbocycles. The number of nitrogens with zero attached hydrogens (tertiary/aromatic N) is 3. The van der Waals surface area contributed by atoms with Crippen molar-refractivity contribution in [1.29, 1.82) is 0 Å². The molecule has 0 aliphatic rings. The largest absolute Gasteiger partial charge is 0.383 e. The van der Waals surface area contributed by atoms with Gasteiger partial charge in [0.25, 0.3) is 5.56 Å². The van der Waals surface area contributed by atoms with Crippen LogP contribution in [0.15, 0.2) is 41.5 Å². The fourth-order valence-electron chi connectivity index (χ4n) is 2.40. The molecule has 0 saturated heterocycles. The highest BCUT2D eigenvalue weighted by atomic mass is 35.5. The number of aromatic nitrogens is 3. The quantitative estimate of drug-likeness (QED) is 0.780. The predicted octanol–water partition coefficient (Wildman–Crippen LogP) is 2.78. The third-order valence-electron chi connectivity index (χ3n) is 3.67. The molecule has 1 N–H and O–H groups in total. The van der Waals surface area contributed by atoms with Crippen LogP contribution in [0.2, 0.25) is 5.02 Å². The second kappa shape index (κ2) is 6.44. The highest BCUT2D eigenvalue weighted by Crippen LogP contribution is 2.25. The first-order valence-electron chi connectivity index (χ1n) is 7.17. The van der Waals surface area contributed by atoms with Crippen LogP contribution >= 0.6 is 11.6 Å². The fraction of sp³-hybridized carbons (Fsp3) is 0.250. The Kier molecular flexibility index (Phi) is 4.36. The van der Waals surface area contributed by atoms with Crippen molar-refractivity contribution in [2.24, 2.45) is 7.05 Å². The predicted molar refractivity (Wildman–Crippen MR) is 91.6 cm³/mol. The minimum absolute atomic E-state index is 0.123. The van der Waals surface area contributed by atoms with Crippen LogP contribution < -0.4 is 10.9 Å². The van der Waals surface area contributed by atoms with Crippen LogP contribution in [0.1, 0.15) is 0 Å². The Morgan fingerprint density at radius 1 is 1.35 bits per heavy atom. The van der Waals surface area contributed by atoms with Crippen molar-refractivity contribution in [3.05, 3.63) is 52.0 Å². The molecule has 0 atom stereocenters. The lowest BCUT2D eigenvalue weighted by molar-refractivity contribution is 0.188. The van der Waals surface area contributed by atoms with E-state index in [1.807, 2.05) is 24.4 Å². The number of hydrogen-bond donors (Lipinski definition) is 1. The smallest absolute Gasteiger partial charge is 0.287 e. The van der Waals surface area contributed by atoms with Gasteiger partial charge < -0.3 is 14.6 Å². The first kappa shape index (κ1) is 15.6. The molecular weight excluding hydrogens is 316 g/mol. The van der Waals surface area contributed by atoms with Crippen molar-refractivity contribution in [1.82, 2.24) is 14.3 Å². The number of ether oxygens (including phenoxy) is 1. The fourth-order valence-corrected chi connectivity index (χ4v) is 2.62. The molecule has 23 heavy (non-hydrogen) atoms. The van der Waals surface area contributed by atoms with E-state index in [9.17, 15) is 4.79 Å². The minimum atomic E-state index is -0.332. The first-order valence-corrected chi connectivity index (χ1v) is 7.54. The van der Waals surface area contributed by atoms with Crippen LogP contribution in [0.25, 0.3) is 10.9 Å². The second-order valence-corrected chi connectivity index (χ2v) is 5.58. The summed E-state index contributed by atoms with van der Waals surface area (Å²) in [6.45, 7) is 1.42. The number of aryl methyl sites for hydroxylation is 1. The van der Waals surface area contributed by atoms with E-state index in [4.69, 9.17) is 16.3 Å². The zero-order chi connectivity index (χ0) is 16.4. The summed E-state index contributed by atoms with van der Waals surface area (Å²) in [6.07, 6.45) is 3.57. The van der Waals surface area contributed by atoms with Crippen LogP contribution in [0.4, 0.5) is 11.4 Å². The molecule has 0 radical (unpaired) electrons. The molecule has 3 aromatic rings. The van der Waals surface area contributed by atoms with Gasteiger partial charge in [-0.3, -0.25) is 4.79 Å². The van der Waals surface area contributed by atoms with E-state index in [2.05, 4.69) is 21.0 Å². The maximum Gasteiger partial charge on any atom is 0.287 e. The Labute approximate surface area is 138 Å². The normalized spacial score (nSPS) is 11.1. The second-order valence-electron chi connectivity index (χ2n) is 5.20. The topological polar surface area (TPSA) is 61.1 Å². The Hall–Kier alpha value is -2.31. The maximum atomic E-state index is 11.8. The molecule has 7 heteroatoms. The lowest BCUT2D eigenvalue weighted by Gasteiger charge is -2.10. The van der Waals surface area contributed by atoms with E-state index < -0.39 is 0 Å². The van der Waals surface area contributed by atoms with Gasteiger partial charge >= 0.3 is 0 Å². The van der Waals surface area contributed by atoms with Gasteiger partial charge in [-0.25, -0.2) is 4.68 Å². The van der Waals surface area contributed by atoms with Crippen molar-refractivity contribution < 1.29 is 4.74 Å². The monoisotopic (exact) mass is 332 g/mol. The van der Waals surface area contributed by atoms with Crippen molar-refractivity contribution >= 4 is 33.9 Å². The van der Waals surface area contributed by atoms with E-state index >= 15 is 0 Å². The molecule has 0 bridgehead atoms. The minimum Gasteiger partial charge on any atom is -0.383 e. The van der Waals surface area contributed by atoms with E-state index in [1.165, 1.54) is 10.9 Å². The summed E-state index contributed by atoms with van der Waals surface area (Å²) in [5.74, 6) is 0. The summed E-state index contributed by atoms with van der Waals surface area (Å²) in [7, 11) is 3.25. The summed E-state index contributed by atoms with van der Waals surface area (Å²) in [6, 6.07) is 8.03. The van der Waals surface area contributed by atoms with Crippen LogP contribution in [-0.4, -0.2) is 28.1 Å². The van der Waals surface area contributed by atoms with Crippen molar-refractivity contribution in [2.75, 3.05) is 19.0 Å². The zero-order valence-electron chi connectivity index (χ0n) is 12.9. The Bertz CT molecular complexity index is 901. The summed E-state index contributed by atoms with van der Waals surface area (Å²) in [5.41, 5.74) is 2.08. The lowest BCUT2D eigenvalue weighted by Crippen LogP contribution is -2.20. The van der Waals surface area contributed by atoms with Gasteiger partial charge in [-0.1, -0.05) is 17.7 Å². The molecular formula is C16H17ClN4O2. The van der Waals surface area contributed by atoms with Gasteiger partial charge in [0.2, 0.25) is 0 Å². The molecule has 0 fully saturated rings. The van der Waals surface area contributed by atoms with Crippen LogP contribution in [0.5, 0.6) is 0 Å². The summed E-state index contributed by atoms with van der Waals surface area (Å²) < 4.78 is 8.45. The molecule has 2 heterocycles. The highest BCUT2D eigenvalue weighted by Gasteiger charge is 2.08. The lowest BCUT2D eigenvalue weighted by atomic mass is 10.2. The molecule has 0 unspecified atom stereocenters. The number of halogens is 1. The third-order valence-corrected chi connectivity index (χ3v) is 4.03. The SMILES string of the molecule is COCCn1ccc2ccc(Nc3cnn(C)c(=O)c3Cl)cc21. The Morgan fingerprint density at radius 2 is 2.17 bits per heavy atom. The summed E-state index contributed by atoms with van der Waals surface area (Å²) >= 11 is 6.09. The number of nitrogens with one attached hydrogen (secondary N) is 1. The Morgan fingerprint density at radius 3 is 2.96 bits per heavy atom. The molecule has 0 spiro atoms. The number of fused-ring (bicyclic) bond motifs is 1. The van der Waals surface area contributed by atoms with Crippen molar-refractivity contribution in [3.63, 3.8) is 0 Å². The van der Waals surface area contributed by atoms with Gasteiger partial charge in [0.05, 0.1) is 24.0 Å². The van der Waals surface area contributed by atoms with Crippen molar-refractivity contribution in [3.8, 4) is 0 Å². The van der Waals surface area contributed by atoms with Crippen LogP contribution in [0.3, 0.4) is 0 Å². The molecule has 1 aromatic carbocycles. The van der Waals surface area contributed by atoms with Gasteiger partial charge in [-0.15, -0.1) is 0 Å². The summed E-state index contributed by atoms with van der Waals surface area (Å²) in [5, 5.41) is 8.40. The molecule has 6 nitrogen and oxygen atoms in total. The molecule has 2 aromatic heterocycles. The average Bonchev–Trinajstić information content (AvgIpc) is 2.96. The first-order chi connectivity index (χ1) is 11.1. The number of methoxy groups -OCH3 is 1. The number of hydrogen-bond acceptors (Lipinski definition) is 4. The molecule has 3 rings (SSSR count). The highest BCUT2D eigenvalue weighted by molar-refractivity contribution is 6.33. The standard InChI is InChI=1S/C16H17ClN4O2/c1-20-16(22)15(17)13(10-18-20)19-12-4-3-11-5-6-21(7-8-23-2)14(11)9-12/h3-6,9-10,19H,7-8H2,1-2H3. The zero-order valence-corrected chi connectivity index (χ0v) is 13.7. The maximum absolute atomic E-state index is 11.8. The van der Waals surface area contributed by atoms with E-state index in [1.54, 1.807) is 14.2 Å². The molecule has 120 valence electrons. The summed E-state index contributed by atoms with van der Waals surface area (Å²) in [4.78, 5) is 11.8. The Balaban J connectivity index is 1.94.